The molecule has 0 aromatic heterocycles. The molecule has 5 heteroatoms. The van der Waals surface area contributed by atoms with E-state index in [1.54, 1.807) is 23.1 Å². The van der Waals surface area contributed by atoms with E-state index in [1.165, 1.54) is 18.2 Å². The summed E-state index contributed by atoms with van der Waals surface area (Å²) in [6, 6.07) is 6.23. The number of benzene rings is 1. The second-order valence-corrected chi connectivity index (χ2v) is 4.57. The molecule has 19 heavy (non-hydrogen) atoms. The SMILES string of the molecule is Cl.NC1CCCN(C(=O)/C=C/c2cccc(F)c2)C1. The van der Waals surface area contributed by atoms with Crippen molar-refractivity contribution in [2.75, 3.05) is 13.1 Å². The number of nitrogens with two attached hydrogens (primary N) is 1. The molecule has 1 atom stereocenters. The lowest BCUT2D eigenvalue weighted by Gasteiger charge is -2.29. The number of halogens is 2. The van der Waals surface area contributed by atoms with E-state index in [-0.39, 0.29) is 30.2 Å². The van der Waals surface area contributed by atoms with Gasteiger partial charge in [-0.15, -0.1) is 12.4 Å². The molecule has 2 N–H and O–H groups in total. The number of carbonyl (C=O) groups excluding carboxylic acids is 1. The predicted octanol–water partition coefficient (Wildman–Crippen LogP) is 2.21. The van der Waals surface area contributed by atoms with Crippen molar-refractivity contribution in [3.63, 3.8) is 0 Å². The van der Waals surface area contributed by atoms with Gasteiger partial charge in [-0.25, -0.2) is 4.39 Å². The van der Waals surface area contributed by atoms with Crippen LogP contribution in [0.25, 0.3) is 6.08 Å². The van der Waals surface area contributed by atoms with E-state index >= 15 is 0 Å². The first kappa shape index (κ1) is 15.7. The van der Waals surface area contributed by atoms with Gasteiger partial charge in [-0.2, -0.15) is 0 Å². The van der Waals surface area contributed by atoms with Gasteiger partial charge in [-0.3, -0.25) is 4.79 Å². The summed E-state index contributed by atoms with van der Waals surface area (Å²) in [5.41, 5.74) is 6.51. The Hall–Kier alpha value is -1.39. The highest BCUT2D eigenvalue weighted by Gasteiger charge is 2.19. The number of likely N-dealkylation sites (tertiary alicyclic amines) is 1. The normalized spacial score (nSPS) is 19.3. The van der Waals surface area contributed by atoms with Crippen molar-refractivity contribution < 1.29 is 9.18 Å². The molecule has 1 amide bonds. The van der Waals surface area contributed by atoms with Crippen LogP contribution in [-0.4, -0.2) is 29.9 Å². The first-order valence-corrected chi connectivity index (χ1v) is 6.13. The highest BCUT2D eigenvalue weighted by atomic mass is 35.5. The lowest BCUT2D eigenvalue weighted by atomic mass is 10.1. The minimum Gasteiger partial charge on any atom is -0.338 e. The van der Waals surface area contributed by atoms with E-state index in [2.05, 4.69) is 0 Å². The summed E-state index contributed by atoms with van der Waals surface area (Å²) in [4.78, 5) is 13.6. The molecule has 0 spiro atoms. The molecule has 0 aliphatic carbocycles. The monoisotopic (exact) mass is 284 g/mol. The summed E-state index contributed by atoms with van der Waals surface area (Å²) in [6.07, 6.45) is 5.02. The maximum atomic E-state index is 13.0. The van der Waals surface area contributed by atoms with E-state index in [0.29, 0.717) is 12.1 Å². The Morgan fingerprint density at radius 3 is 2.95 bits per heavy atom. The van der Waals surface area contributed by atoms with Gasteiger partial charge in [0, 0.05) is 25.2 Å². The van der Waals surface area contributed by atoms with Crippen LogP contribution in [0.1, 0.15) is 18.4 Å². The van der Waals surface area contributed by atoms with E-state index in [9.17, 15) is 9.18 Å². The van der Waals surface area contributed by atoms with Crippen LogP contribution in [0.2, 0.25) is 0 Å². The first-order valence-electron chi connectivity index (χ1n) is 6.13. The fourth-order valence-corrected chi connectivity index (χ4v) is 2.09. The lowest BCUT2D eigenvalue weighted by Crippen LogP contribution is -2.45. The Morgan fingerprint density at radius 2 is 2.26 bits per heavy atom. The Balaban J connectivity index is 0.00000180. The van der Waals surface area contributed by atoms with Gasteiger partial charge in [0.05, 0.1) is 0 Å². The van der Waals surface area contributed by atoms with Gasteiger partial charge in [-0.1, -0.05) is 12.1 Å². The summed E-state index contributed by atoms with van der Waals surface area (Å²) in [6.45, 7) is 1.35. The molecule has 2 rings (SSSR count). The third-order valence-electron chi connectivity index (χ3n) is 3.04. The van der Waals surface area contributed by atoms with Gasteiger partial charge in [0.25, 0.3) is 0 Å². The highest BCUT2D eigenvalue weighted by Crippen LogP contribution is 2.10. The molecule has 0 saturated carbocycles. The fraction of sp³-hybridized carbons (Fsp3) is 0.357. The van der Waals surface area contributed by atoms with Crippen molar-refractivity contribution in [1.29, 1.82) is 0 Å². The Kier molecular flexibility index (Phi) is 5.99. The number of piperidine rings is 1. The van der Waals surface area contributed by atoms with Crippen LogP contribution >= 0.6 is 12.4 Å². The minimum atomic E-state index is -0.301. The standard InChI is InChI=1S/C14H17FN2O.ClH/c15-12-4-1-3-11(9-12)6-7-14(18)17-8-2-5-13(16)10-17;/h1,3-4,6-7,9,13H,2,5,8,10,16H2;1H/b7-6+;. The molecular formula is C14H18ClFN2O. The third-order valence-corrected chi connectivity index (χ3v) is 3.04. The van der Waals surface area contributed by atoms with E-state index in [1.807, 2.05) is 0 Å². The second-order valence-electron chi connectivity index (χ2n) is 4.57. The fourth-order valence-electron chi connectivity index (χ4n) is 2.09. The summed E-state index contributed by atoms with van der Waals surface area (Å²) in [5, 5.41) is 0. The van der Waals surface area contributed by atoms with Crippen LogP contribution in [0.3, 0.4) is 0 Å². The Bertz CT molecular complexity index is 465. The summed E-state index contributed by atoms with van der Waals surface area (Å²) >= 11 is 0. The van der Waals surface area contributed by atoms with Crippen molar-refractivity contribution in [3.8, 4) is 0 Å². The molecule has 3 nitrogen and oxygen atoms in total. The molecule has 1 fully saturated rings. The quantitative estimate of drug-likeness (QED) is 0.847. The number of amides is 1. The van der Waals surface area contributed by atoms with Gasteiger partial charge < -0.3 is 10.6 Å². The molecule has 1 aliphatic heterocycles. The third kappa shape index (κ3) is 4.65. The minimum absolute atomic E-state index is 0. The van der Waals surface area contributed by atoms with Crippen LogP contribution in [0.4, 0.5) is 4.39 Å². The highest BCUT2D eigenvalue weighted by molar-refractivity contribution is 5.91. The maximum Gasteiger partial charge on any atom is 0.246 e. The number of hydrogen-bond donors (Lipinski definition) is 1. The van der Waals surface area contributed by atoms with Gasteiger partial charge in [0.2, 0.25) is 5.91 Å². The number of rotatable bonds is 2. The smallest absolute Gasteiger partial charge is 0.246 e. The van der Waals surface area contributed by atoms with Gasteiger partial charge in [-0.05, 0) is 36.6 Å². The van der Waals surface area contributed by atoms with Crippen LogP contribution in [-0.2, 0) is 4.79 Å². The van der Waals surface area contributed by atoms with Crippen LogP contribution in [0, 0.1) is 5.82 Å². The molecule has 104 valence electrons. The Morgan fingerprint density at radius 1 is 1.47 bits per heavy atom. The molecule has 0 bridgehead atoms. The van der Waals surface area contributed by atoms with Crippen molar-refractivity contribution in [1.82, 2.24) is 4.90 Å². The summed E-state index contributed by atoms with van der Waals surface area (Å²) in [7, 11) is 0. The van der Waals surface area contributed by atoms with Crippen LogP contribution in [0.15, 0.2) is 30.3 Å². The molecule has 1 aromatic carbocycles. The van der Waals surface area contributed by atoms with Crippen LogP contribution in [0.5, 0.6) is 0 Å². The average Bonchev–Trinajstić information content (AvgIpc) is 2.36. The van der Waals surface area contributed by atoms with E-state index in [4.69, 9.17) is 5.73 Å². The number of nitrogens with zero attached hydrogens (tertiary/aromatic N) is 1. The largest absolute Gasteiger partial charge is 0.338 e. The zero-order valence-electron chi connectivity index (χ0n) is 10.6. The first-order chi connectivity index (χ1) is 8.65. The van der Waals surface area contributed by atoms with Gasteiger partial charge in [0.1, 0.15) is 5.82 Å². The maximum absolute atomic E-state index is 13.0. The molecule has 1 saturated heterocycles. The summed E-state index contributed by atoms with van der Waals surface area (Å²) in [5.74, 6) is -0.362. The van der Waals surface area contributed by atoms with Crippen molar-refractivity contribution >= 4 is 24.4 Å². The van der Waals surface area contributed by atoms with Crippen molar-refractivity contribution in [2.45, 2.75) is 18.9 Å². The van der Waals surface area contributed by atoms with E-state index < -0.39 is 0 Å². The lowest BCUT2D eigenvalue weighted by molar-refractivity contribution is -0.127. The average molecular weight is 285 g/mol. The molecule has 1 aliphatic rings. The number of carbonyl (C=O) groups is 1. The summed E-state index contributed by atoms with van der Waals surface area (Å²) < 4.78 is 13.0. The van der Waals surface area contributed by atoms with Crippen molar-refractivity contribution in [2.24, 2.45) is 5.73 Å². The zero-order chi connectivity index (χ0) is 13.0. The molecule has 1 aromatic rings. The number of hydrogen-bond acceptors (Lipinski definition) is 2. The molecular weight excluding hydrogens is 267 g/mol. The molecule has 1 heterocycles. The predicted molar refractivity (Wildman–Crippen MR) is 76.5 cm³/mol. The Labute approximate surface area is 118 Å². The molecule has 0 radical (unpaired) electrons. The second kappa shape index (κ2) is 7.26. The van der Waals surface area contributed by atoms with Gasteiger partial charge >= 0.3 is 0 Å². The van der Waals surface area contributed by atoms with Crippen LogP contribution < -0.4 is 5.73 Å². The van der Waals surface area contributed by atoms with Crippen molar-refractivity contribution in [3.05, 3.63) is 41.7 Å². The van der Waals surface area contributed by atoms with E-state index in [0.717, 1.165) is 19.4 Å². The topological polar surface area (TPSA) is 46.3 Å². The molecule has 1 unspecified atom stereocenters. The zero-order valence-corrected chi connectivity index (χ0v) is 11.4. The van der Waals surface area contributed by atoms with Gasteiger partial charge in [0.15, 0.2) is 0 Å².